The first-order valence-corrected chi connectivity index (χ1v) is 6.98. The third-order valence-corrected chi connectivity index (χ3v) is 2.74. The Morgan fingerprint density at radius 1 is 1.30 bits per heavy atom. The van der Waals surface area contributed by atoms with Crippen LogP contribution in [0.25, 0.3) is 0 Å². The van der Waals surface area contributed by atoms with Crippen molar-refractivity contribution in [2.24, 2.45) is 10.7 Å². The van der Waals surface area contributed by atoms with E-state index in [2.05, 4.69) is 38.2 Å². The maximum Gasteiger partial charge on any atom is 0.246 e. The second kappa shape index (κ2) is 8.65. The minimum atomic E-state index is -0.195. The van der Waals surface area contributed by atoms with Crippen molar-refractivity contribution in [2.75, 3.05) is 11.9 Å². The van der Waals surface area contributed by atoms with E-state index in [9.17, 15) is 4.79 Å². The number of hydrogen-bond acceptors (Lipinski definition) is 2. The molecule has 1 aromatic rings. The predicted molar refractivity (Wildman–Crippen MR) is 103 cm³/mol. The van der Waals surface area contributed by atoms with Crippen LogP contribution in [0.1, 0.15) is 20.8 Å². The summed E-state index contributed by atoms with van der Waals surface area (Å²) in [4.78, 5) is 15.7. The summed E-state index contributed by atoms with van der Waals surface area (Å²) in [6.07, 6.45) is 0. The molecule has 5 nitrogen and oxygen atoms in total. The minimum absolute atomic E-state index is 0. The molecule has 20 heavy (non-hydrogen) atoms. The summed E-state index contributed by atoms with van der Waals surface area (Å²) in [5, 5.41) is 5.75. The van der Waals surface area contributed by atoms with Gasteiger partial charge >= 0.3 is 0 Å². The van der Waals surface area contributed by atoms with E-state index >= 15 is 0 Å². The van der Waals surface area contributed by atoms with Crippen LogP contribution in [-0.4, -0.2) is 24.0 Å². The average Bonchev–Trinajstić information content (AvgIpc) is 2.27. The molecule has 1 rings (SSSR count). The van der Waals surface area contributed by atoms with Gasteiger partial charge in [-0.15, -0.1) is 24.0 Å². The number of nitrogens with one attached hydrogen (secondary N) is 2. The number of benzene rings is 1. The predicted octanol–water partition coefficient (Wildman–Crippen LogP) is 2.55. The molecular formula is C13H20I2N4O. The molecule has 112 valence electrons. The molecule has 0 spiro atoms. The summed E-state index contributed by atoms with van der Waals surface area (Å²) in [5.74, 6) is 0.0742. The van der Waals surface area contributed by atoms with Gasteiger partial charge in [0, 0.05) is 14.8 Å². The van der Waals surface area contributed by atoms with Gasteiger partial charge < -0.3 is 16.4 Å². The summed E-state index contributed by atoms with van der Waals surface area (Å²) in [6.45, 7) is 5.92. The Balaban J connectivity index is 0.00000361. The fraction of sp³-hybridized carbons (Fsp3) is 0.385. The van der Waals surface area contributed by atoms with Gasteiger partial charge in [0.2, 0.25) is 5.91 Å². The summed E-state index contributed by atoms with van der Waals surface area (Å²) >= 11 is 2.21. The average molecular weight is 502 g/mol. The van der Waals surface area contributed by atoms with Crippen molar-refractivity contribution in [2.45, 2.75) is 26.3 Å². The number of nitrogens with two attached hydrogens (primary N) is 1. The quantitative estimate of drug-likeness (QED) is 0.338. The zero-order valence-corrected chi connectivity index (χ0v) is 16.2. The van der Waals surface area contributed by atoms with E-state index < -0.39 is 0 Å². The lowest BCUT2D eigenvalue weighted by molar-refractivity contribution is -0.114. The van der Waals surface area contributed by atoms with E-state index in [-0.39, 0.29) is 47.9 Å². The van der Waals surface area contributed by atoms with E-state index in [1.165, 1.54) is 0 Å². The van der Waals surface area contributed by atoms with Crippen LogP contribution in [0.4, 0.5) is 5.69 Å². The van der Waals surface area contributed by atoms with Crippen LogP contribution >= 0.6 is 46.6 Å². The molecule has 0 radical (unpaired) electrons. The molecule has 0 aromatic heterocycles. The Kier molecular flexibility index (Phi) is 8.40. The molecule has 7 heteroatoms. The van der Waals surface area contributed by atoms with Gasteiger partial charge in [0.15, 0.2) is 5.96 Å². The Morgan fingerprint density at radius 3 is 2.35 bits per heavy atom. The normalized spacial score (nSPS) is 11.5. The monoisotopic (exact) mass is 502 g/mol. The van der Waals surface area contributed by atoms with Gasteiger partial charge in [-0.3, -0.25) is 4.79 Å². The van der Waals surface area contributed by atoms with Crippen LogP contribution in [0.5, 0.6) is 0 Å². The second-order valence-corrected chi connectivity index (χ2v) is 6.38. The number of hydrogen-bond donors (Lipinski definition) is 3. The van der Waals surface area contributed by atoms with Crippen LogP contribution < -0.4 is 16.4 Å². The van der Waals surface area contributed by atoms with Gasteiger partial charge in [0.25, 0.3) is 0 Å². The number of rotatable bonds is 3. The van der Waals surface area contributed by atoms with E-state index in [4.69, 9.17) is 5.73 Å². The molecule has 0 fully saturated rings. The number of anilines is 1. The zero-order valence-electron chi connectivity index (χ0n) is 11.7. The SMILES string of the molecule is CC(C)(C)NC(N)=NCC(=O)Nc1ccc(I)cc1.I. The standard InChI is InChI=1S/C13H19IN4O.HI/c1-13(2,3)18-12(15)16-8-11(19)17-10-6-4-9(14)5-7-10;/h4-7H,8H2,1-3H3,(H,17,19)(H3,15,16,18);1H. The van der Waals surface area contributed by atoms with E-state index in [0.717, 1.165) is 9.26 Å². The van der Waals surface area contributed by atoms with Crippen molar-refractivity contribution in [3.63, 3.8) is 0 Å². The van der Waals surface area contributed by atoms with Gasteiger partial charge in [-0.2, -0.15) is 0 Å². The molecule has 0 unspecified atom stereocenters. The number of halogens is 2. The minimum Gasteiger partial charge on any atom is -0.370 e. The number of carbonyl (C=O) groups is 1. The first-order valence-electron chi connectivity index (χ1n) is 5.90. The first kappa shape index (κ1) is 19.4. The van der Waals surface area contributed by atoms with Gasteiger partial charge in [-0.1, -0.05) is 0 Å². The molecule has 0 bridgehead atoms. The van der Waals surface area contributed by atoms with Crippen LogP contribution in [0.2, 0.25) is 0 Å². The maximum atomic E-state index is 11.7. The molecule has 0 aliphatic carbocycles. The van der Waals surface area contributed by atoms with Crippen LogP contribution in [0, 0.1) is 3.57 Å². The number of aliphatic imine (C=N–C) groups is 1. The lowest BCUT2D eigenvalue weighted by Crippen LogP contribution is -2.45. The van der Waals surface area contributed by atoms with Crippen molar-refractivity contribution in [1.82, 2.24) is 5.32 Å². The summed E-state index contributed by atoms with van der Waals surface area (Å²) in [6, 6.07) is 7.55. The lowest BCUT2D eigenvalue weighted by Gasteiger charge is -2.20. The van der Waals surface area contributed by atoms with Gasteiger partial charge in [0.1, 0.15) is 6.54 Å². The molecule has 0 atom stereocenters. The summed E-state index contributed by atoms with van der Waals surface area (Å²) in [7, 11) is 0. The highest BCUT2D eigenvalue weighted by Crippen LogP contribution is 2.10. The van der Waals surface area contributed by atoms with Crippen LogP contribution in [0.15, 0.2) is 29.3 Å². The third kappa shape index (κ3) is 8.56. The van der Waals surface area contributed by atoms with Crippen molar-refractivity contribution < 1.29 is 4.79 Å². The second-order valence-electron chi connectivity index (χ2n) is 5.13. The molecular weight excluding hydrogens is 482 g/mol. The number of carbonyl (C=O) groups excluding carboxylic acids is 1. The van der Waals surface area contributed by atoms with Crippen LogP contribution in [0.3, 0.4) is 0 Å². The number of amides is 1. The molecule has 0 aliphatic heterocycles. The molecule has 1 amide bonds. The summed E-state index contributed by atoms with van der Waals surface area (Å²) < 4.78 is 1.12. The highest BCUT2D eigenvalue weighted by Gasteiger charge is 2.10. The number of nitrogens with zero attached hydrogens (tertiary/aromatic N) is 1. The first-order chi connectivity index (χ1) is 8.76. The molecule has 0 aliphatic rings. The van der Waals surface area contributed by atoms with E-state index in [1.807, 2.05) is 45.0 Å². The van der Waals surface area contributed by atoms with Crippen molar-refractivity contribution in [3.8, 4) is 0 Å². The summed E-state index contributed by atoms with van der Waals surface area (Å²) in [5.41, 5.74) is 6.27. The third-order valence-electron chi connectivity index (χ3n) is 2.02. The Hall–Kier alpha value is -0.580. The number of guanidine groups is 1. The molecule has 0 saturated heterocycles. The Bertz CT molecular complexity index is 466. The smallest absolute Gasteiger partial charge is 0.246 e. The van der Waals surface area contributed by atoms with Crippen molar-refractivity contribution >= 4 is 64.1 Å². The fourth-order valence-electron chi connectivity index (χ4n) is 1.31. The van der Waals surface area contributed by atoms with Crippen LogP contribution in [-0.2, 0) is 4.79 Å². The highest BCUT2D eigenvalue weighted by atomic mass is 127. The Labute approximate surface area is 150 Å². The van der Waals surface area contributed by atoms with E-state index in [1.54, 1.807) is 0 Å². The van der Waals surface area contributed by atoms with Gasteiger partial charge in [-0.25, -0.2) is 4.99 Å². The van der Waals surface area contributed by atoms with Crippen molar-refractivity contribution in [3.05, 3.63) is 27.8 Å². The maximum absolute atomic E-state index is 11.7. The fourth-order valence-corrected chi connectivity index (χ4v) is 1.67. The lowest BCUT2D eigenvalue weighted by atomic mass is 10.1. The highest BCUT2D eigenvalue weighted by molar-refractivity contribution is 14.1. The van der Waals surface area contributed by atoms with Crippen molar-refractivity contribution in [1.29, 1.82) is 0 Å². The topological polar surface area (TPSA) is 79.5 Å². The van der Waals surface area contributed by atoms with Gasteiger partial charge in [0.05, 0.1) is 0 Å². The van der Waals surface area contributed by atoms with E-state index in [0.29, 0.717) is 0 Å². The largest absolute Gasteiger partial charge is 0.370 e. The Morgan fingerprint density at radius 2 is 1.85 bits per heavy atom. The van der Waals surface area contributed by atoms with Gasteiger partial charge in [-0.05, 0) is 67.6 Å². The molecule has 4 N–H and O–H groups in total. The molecule has 0 saturated carbocycles. The zero-order chi connectivity index (χ0) is 14.5. The molecule has 0 heterocycles. The molecule has 1 aromatic carbocycles.